The summed E-state index contributed by atoms with van der Waals surface area (Å²) in [6, 6.07) is 5.15. The molecule has 1 aromatic rings. The van der Waals surface area contributed by atoms with Gasteiger partial charge in [-0.1, -0.05) is 12.1 Å². The fourth-order valence-electron chi connectivity index (χ4n) is 1.60. The molecule has 0 heterocycles. The molecule has 0 aliphatic heterocycles. The number of aromatic hydroxyl groups is 1. The zero-order valence-corrected chi connectivity index (χ0v) is 11.8. The zero-order valence-electron chi connectivity index (χ0n) is 11.0. The van der Waals surface area contributed by atoms with Crippen molar-refractivity contribution in [3.63, 3.8) is 0 Å². The smallest absolute Gasteiger partial charge is 0.322 e. The summed E-state index contributed by atoms with van der Waals surface area (Å²) in [7, 11) is 0. The first kappa shape index (κ1) is 16.8. The Morgan fingerprint density at radius 1 is 1.19 bits per heavy atom. The van der Waals surface area contributed by atoms with Crippen molar-refractivity contribution in [1.29, 1.82) is 0 Å². The molecular weight excluding hydrogens is 300 g/mol. The number of amides is 2. The van der Waals surface area contributed by atoms with Crippen LogP contribution in [0, 0.1) is 0 Å². The summed E-state index contributed by atoms with van der Waals surface area (Å²) in [4.78, 5) is 33.7. The number of aliphatic carboxylic acids is 1. The Hall–Kier alpha value is -2.28. The lowest BCUT2D eigenvalue weighted by atomic mass is 10.0. The molecule has 0 aromatic heterocycles. The Morgan fingerprint density at radius 3 is 2.33 bits per heavy atom. The van der Waals surface area contributed by atoms with E-state index in [1.54, 1.807) is 12.1 Å². The second-order valence-corrected chi connectivity index (χ2v) is 4.50. The molecule has 1 aromatic carbocycles. The molecule has 8 heteroatoms. The molecule has 0 aliphatic carbocycles. The number of nitrogens with one attached hydrogen (secondary N) is 2. The first-order chi connectivity index (χ1) is 9.92. The highest BCUT2D eigenvalue weighted by Gasteiger charge is 2.21. The molecule has 21 heavy (non-hydrogen) atoms. The van der Waals surface area contributed by atoms with Crippen LogP contribution in [0.1, 0.15) is 5.56 Å². The van der Waals surface area contributed by atoms with Gasteiger partial charge < -0.3 is 20.8 Å². The number of hydrogen-bond acceptors (Lipinski definition) is 4. The number of phenols is 1. The number of halogens is 1. The maximum Gasteiger partial charge on any atom is 0.322 e. The summed E-state index contributed by atoms with van der Waals surface area (Å²) < 4.78 is 0. The number of hydrogen-bond donors (Lipinski definition) is 4. The van der Waals surface area contributed by atoms with Gasteiger partial charge in [0, 0.05) is 6.42 Å². The van der Waals surface area contributed by atoms with E-state index in [2.05, 4.69) is 10.6 Å². The summed E-state index contributed by atoms with van der Waals surface area (Å²) in [6.07, 6.45) is 0.147. The summed E-state index contributed by atoms with van der Waals surface area (Å²) in [5.41, 5.74) is 0.693. The van der Waals surface area contributed by atoms with Crippen molar-refractivity contribution in [2.24, 2.45) is 0 Å². The third kappa shape index (κ3) is 6.13. The summed E-state index contributed by atoms with van der Waals surface area (Å²) in [6.45, 7) is -0.540. The Labute approximate surface area is 125 Å². The lowest BCUT2D eigenvalue weighted by molar-refractivity contribution is -0.138. The SMILES string of the molecule is O=C(O)CNC(=O)[C@H](Cc1ccc(O)cc1)NC(=O)CCl. The van der Waals surface area contributed by atoms with Crippen molar-refractivity contribution in [3.8, 4) is 5.75 Å². The van der Waals surface area contributed by atoms with Crippen LogP contribution in [0.2, 0.25) is 0 Å². The van der Waals surface area contributed by atoms with E-state index in [-0.39, 0.29) is 18.1 Å². The number of benzene rings is 1. The first-order valence-electron chi connectivity index (χ1n) is 6.05. The van der Waals surface area contributed by atoms with E-state index in [1.165, 1.54) is 12.1 Å². The van der Waals surface area contributed by atoms with E-state index in [4.69, 9.17) is 16.7 Å². The number of phenolic OH excluding ortho intramolecular Hbond substituents is 1. The predicted molar refractivity (Wildman–Crippen MR) is 75.1 cm³/mol. The maximum absolute atomic E-state index is 11.9. The van der Waals surface area contributed by atoms with Crippen LogP contribution in [0.4, 0.5) is 0 Å². The maximum atomic E-state index is 11.9. The topological polar surface area (TPSA) is 116 Å². The van der Waals surface area contributed by atoms with Crippen molar-refractivity contribution >= 4 is 29.4 Å². The quantitative estimate of drug-likeness (QED) is 0.523. The Bertz CT molecular complexity index is 518. The molecule has 1 rings (SSSR count). The highest BCUT2D eigenvalue weighted by Crippen LogP contribution is 2.11. The second kappa shape index (κ2) is 8.11. The second-order valence-electron chi connectivity index (χ2n) is 4.24. The van der Waals surface area contributed by atoms with Crippen molar-refractivity contribution in [2.75, 3.05) is 12.4 Å². The summed E-state index contributed by atoms with van der Waals surface area (Å²) >= 11 is 5.38. The van der Waals surface area contributed by atoms with Gasteiger partial charge in [-0.3, -0.25) is 14.4 Å². The van der Waals surface area contributed by atoms with Gasteiger partial charge in [0.2, 0.25) is 11.8 Å². The van der Waals surface area contributed by atoms with E-state index in [1.807, 2.05) is 0 Å². The van der Waals surface area contributed by atoms with Gasteiger partial charge >= 0.3 is 5.97 Å². The molecule has 0 bridgehead atoms. The monoisotopic (exact) mass is 314 g/mol. The highest BCUT2D eigenvalue weighted by molar-refractivity contribution is 6.27. The van der Waals surface area contributed by atoms with E-state index in [0.717, 1.165) is 0 Å². The third-order valence-electron chi connectivity index (χ3n) is 2.56. The number of carboxylic acid groups (broad SMARTS) is 1. The number of carboxylic acids is 1. The molecule has 4 N–H and O–H groups in total. The fraction of sp³-hybridized carbons (Fsp3) is 0.308. The summed E-state index contributed by atoms with van der Waals surface area (Å²) in [5.74, 6) is -2.57. The van der Waals surface area contributed by atoms with Crippen LogP contribution >= 0.6 is 11.6 Å². The lowest BCUT2D eigenvalue weighted by Crippen LogP contribution is -2.49. The minimum absolute atomic E-state index is 0.0791. The molecule has 0 saturated carbocycles. The Morgan fingerprint density at radius 2 is 1.81 bits per heavy atom. The normalized spacial score (nSPS) is 11.5. The van der Waals surface area contributed by atoms with Crippen LogP contribution in [-0.4, -0.2) is 46.5 Å². The number of rotatable bonds is 7. The predicted octanol–water partition coefficient (Wildman–Crippen LogP) is -0.141. The van der Waals surface area contributed by atoms with Gasteiger partial charge in [0.25, 0.3) is 0 Å². The molecule has 1 atom stereocenters. The van der Waals surface area contributed by atoms with E-state index >= 15 is 0 Å². The number of alkyl halides is 1. The van der Waals surface area contributed by atoms with E-state index in [9.17, 15) is 19.5 Å². The van der Waals surface area contributed by atoms with E-state index in [0.29, 0.717) is 5.56 Å². The van der Waals surface area contributed by atoms with Gasteiger partial charge in [-0.25, -0.2) is 0 Å². The molecule has 7 nitrogen and oxygen atoms in total. The molecule has 0 unspecified atom stereocenters. The zero-order chi connectivity index (χ0) is 15.8. The molecule has 0 radical (unpaired) electrons. The van der Waals surface area contributed by atoms with Crippen molar-refractivity contribution < 1.29 is 24.6 Å². The van der Waals surface area contributed by atoms with Crippen molar-refractivity contribution in [1.82, 2.24) is 10.6 Å². The number of carbonyl (C=O) groups excluding carboxylic acids is 2. The standard InChI is InChI=1S/C13H15ClN2O5/c14-6-11(18)16-10(13(21)15-7-12(19)20)5-8-1-3-9(17)4-2-8/h1-4,10,17H,5-7H2,(H,15,21)(H,16,18)(H,19,20)/t10-/m0/s1. The third-order valence-corrected chi connectivity index (χ3v) is 2.81. The highest BCUT2D eigenvalue weighted by atomic mass is 35.5. The van der Waals surface area contributed by atoms with Crippen LogP contribution in [0.15, 0.2) is 24.3 Å². The molecule has 114 valence electrons. The van der Waals surface area contributed by atoms with Gasteiger partial charge in [-0.2, -0.15) is 0 Å². The van der Waals surface area contributed by atoms with Gasteiger partial charge in [0.15, 0.2) is 0 Å². The average Bonchev–Trinajstić information content (AvgIpc) is 2.46. The van der Waals surface area contributed by atoms with Crippen LogP contribution in [0.3, 0.4) is 0 Å². The largest absolute Gasteiger partial charge is 0.508 e. The molecule has 0 aliphatic rings. The molecule has 0 spiro atoms. The Kier molecular flexibility index (Phi) is 6.48. The average molecular weight is 315 g/mol. The molecule has 0 fully saturated rings. The minimum atomic E-state index is -1.18. The van der Waals surface area contributed by atoms with Gasteiger partial charge in [-0.15, -0.1) is 11.6 Å². The number of carbonyl (C=O) groups is 3. The minimum Gasteiger partial charge on any atom is -0.508 e. The van der Waals surface area contributed by atoms with Crippen LogP contribution in [0.25, 0.3) is 0 Å². The van der Waals surface area contributed by atoms with Crippen LogP contribution in [0.5, 0.6) is 5.75 Å². The van der Waals surface area contributed by atoms with E-state index < -0.39 is 30.4 Å². The Balaban J connectivity index is 2.75. The van der Waals surface area contributed by atoms with Gasteiger partial charge in [0.1, 0.15) is 24.2 Å². The molecule has 2 amide bonds. The fourth-order valence-corrected chi connectivity index (χ4v) is 1.67. The lowest BCUT2D eigenvalue weighted by Gasteiger charge is -2.17. The van der Waals surface area contributed by atoms with Crippen LogP contribution < -0.4 is 10.6 Å². The van der Waals surface area contributed by atoms with Crippen LogP contribution in [-0.2, 0) is 20.8 Å². The van der Waals surface area contributed by atoms with Gasteiger partial charge in [-0.05, 0) is 17.7 Å². The van der Waals surface area contributed by atoms with Crippen molar-refractivity contribution in [3.05, 3.63) is 29.8 Å². The molecular formula is C13H15ClN2O5. The molecule has 0 saturated heterocycles. The first-order valence-corrected chi connectivity index (χ1v) is 6.58. The van der Waals surface area contributed by atoms with Crippen molar-refractivity contribution in [2.45, 2.75) is 12.5 Å². The van der Waals surface area contributed by atoms with Gasteiger partial charge in [0.05, 0.1) is 0 Å². The summed E-state index contributed by atoms with van der Waals surface area (Å²) in [5, 5.41) is 22.4.